The SMILES string of the molecule is O=C1C(Cc2ccccc2)NC(=O)C2(CCN(Cc3ccccc3)CC2)N1CCc1ccccc1. The molecule has 0 aromatic heterocycles. The molecule has 2 fully saturated rings. The van der Waals surface area contributed by atoms with Gasteiger partial charge in [0.2, 0.25) is 11.8 Å². The van der Waals surface area contributed by atoms with Crippen LogP contribution in [0, 0.1) is 0 Å². The van der Waals surface area contributed by atoms with Crippen LogP contribution >= 0.6 is 0 Å². The van der Waals surface area contributed by atoms with E-state index in [1.807, 2.05) is 59.5 Å². The van der Waals surface area contributed by atoms with Gasteiger partial charge in [0.25, 0.3) is 0 Å². The minimum absolute atomic E-state index is 0.00505. The van der Waals surface area contributed by atoms with Gasteiger partial charge < -0.3 is 10.2 Å². The first-order chi connectivity index (χ1) is 17.1. The first-order valence-corrected chi connectivity index (χ1v) is 12.6. The van der Waals surface area contributed by atoms with Crippen LogP contribution in [0.15, 0.2) is 91.0 Å². The van der Waals surface area contributed by atoms with Gasteiger partial charge in [-0.2, -0.15) is 0 Å². The van der Waals surface area contributed by atoms with Gasteiger partial charge >= 0.3 is 0 Å². The zero-order chi connectivity index (χ0) is 24.1. The number of amides is 2. The number of nitrogens with one attached hydrogen (secondary N) is 1. The summed E-state index contributed by atoms with van der Waals surface area (Å²) in [7, 11) is 0. The van der Waals surface area contributed by atoms with Gasteiger partial charge in [0.05, 0.1) is 0 Å². The maximum atomic E-state index is 13.8. The maximum absolute atomic E-state index is 13.8. The summed E-state index contributed by atoms with van der Waals surface area (Å²) in [4.78, 5) is 31.8. The molecule has 0 bridgehead atoms. The molecule has 2 heterocycles. The van der Waals surface area contributed by atoms with Gasteiger partial charge in [-0.15, -0.1) is 0 Å². The second-order valence-corrected chi connectivity index (χ2v) is 9.73. The molecule has 0 radical (unpaired) electrons. The first kappa shape index (κ1) is 23.3. The lowest BCUT2D eigenvalue weighted by atomic mass is 9.80. The molecule has 2 aliphatic heterocycles. The van der Waals surface area contributed by atoms with E-state index >= 15 is 0 Å². The number of hydrogen-bond donors (Lipinski definition) is 1. The quantitative estimate of drug-likeness (QED) is 0.575. The number of carbonyl (C=O) groups excluding carboxylic acids is 2. The molecule has 5 nitrogen and oxygen atoms in total. The molecule has 180 valence electrons. The number of likely N-dealkylation sites (tertiary alicyclic amines) is 1. The third kappa shape index (κ3) is 5.15. The summed E-state index contributed by atoms with van der Waals surface area (Å²) in [5.74, 6) is 0.0475. The van der Waals surface area contributed by atoms with Crippen molar-refractivity contribution in [1.29, 1.82) is 0 Å². The largest absolute Gasteiger partial charge is 0.342 e. The van der Waals surface area contributed by atoms with Gasteiger partial charge in [-0.05, 0) is 36.0 Å². The lowest BCUT2D eigenvalue weighted by Gasteiger charge is -2.51. The minimum Gasteiger partial charge on any atom is -0.342 e. The second-order valence-electron chi connectivity index (χ2n) is 9.73. The molecular formula is C30H33N3O2. The normalized spacial score (nSPS) is 20.1. The van der Waals surface area contributed by atoms with Crippen LogP contribution in [0.25, 0.3) is 0 Å². The van der Waals surface area contributed by atoms with Crippen LogP contribution < -0.4 is 5.32 Å². The predicted octanol–water partition coefficient (Wildman–Crippen LogP) is 3.83. The monoisotopic (exact) mass is 467 g/mol. The van der Waals surface area contributed by atoms with E-state index in [0.29, 0.717) is 25.8 Å². The molecule has 5 rings (SSSR count). The average molecular weight is 468 g/mol. The Morgan fingerprint density at radius 2 is 1.29 bits per heavy atom. The summed E-state index contributed by atoms with van der Waals surface area (Å²) in [5, 5.41) is 3.12. The number of piperazine rings is 1. The van der Waals surface area contributed by atoms with Crippen molar-refractivity contribution in [2.24, 2.45) is 0 Å². The van der Waals surface area contributed by atoms with E-state index in [4.69, 9.17) is 0 Å². The molecular weight excluding hydrogens is 434 g/mol. The van der Waals surface area contributed by atoms with Gasteiger partial charge in [-0.25, -0.2) is 0 Å². The minimum atomic E-state index is -0.772. The van der Waals surface area contributed by atoms with E-state index in [0.717, 1.165) is 31.6 Å². The molecule has 1 atom stereocenters. The molecule has 3 aromatic carbocycles. The Hall–Kier alpha value is -3.44. The van der Waals surface area contributed by atoms with Gasteiger partial charge in [-0.1, -0.05) is 91.0 Å². The molecule has 1 unspecified atom stereocenters. The Labute approximate surface area is 207 Å². The fraction of sp³-hybridized carbons (Fsp3) is 0.333. The van der Waals surface area contributed by atoms with Crippen LogP contribution in [0.4, 0.5) is 0 Å². The number of carbonyl (C=O) groups is 2. The molecule has 1 spiro atoms. The molecule has 2 aliphatic rings. The number of piperidine rings is 1. The highest BCUT2D eigenvalue weighted by Gasteiger charge is 2.53. The van der Waals surface area contributed by atoms with E-state index in [-0.39, 0.29) is 11.8 Å². The number of hydrogen-bond acceptors (Lipinski definition) is 3. The van der Waals surface area contributed by atoms with Crippen molar-refractivity contribution >= 4 is 11.8 Å². The summed E-state index contributed by atoms with van der Waals surface area (Å²) in [6, 6.07) is 30.1. The summed E-state index contributed by atoms with van der Waals surface area (Å²) in [5.41, 5.74) is 2.74. The van der Waals surface area contributed by atoms with Crippen LogP contribution in [0.5, 0.6) is 0 Å². The zero-order valence-corrected chi connectivity index (χ0v) is 20.1. The topological polar surface area (TPSA) is 52.7 Å². The van der Waals surface area contributed by atoms with E-state index < -0.39 is 11.6 Å². The number of rotatable bonds is 7. The summed E-state index contributed by atoms with van der Waals surface area (Å²) >= 11 is 0. The number of benzene rings is 3. The van der Waals surface area contributed by atoms with Crippen molar-refractivity contribution in [1.82, 2.24) is 15.1 Å². The van der Waals surface area contributed by atoms with E-state index in [1.54, 1.807) is 0 Å². The fourth-order valence-corrected chi connectivity index (χ4v) is 5.49. The van der Waals surface area contributed by atoms with Gasteiger partial charge in [-0.3, -0.25) is 14.5 Å². The molecule has 5 heteroatoms. The Kier molecular flexibility index (Phi) is 6.96. The van der Waals surface area contributed by atoms with Crippen LogP contribution in [-0.4, -0.2) is 52.8 Å². The summed E-state index contributed by atoms with van der Waals surface area (Å²) in [6.07, 6.45) is 2.57. The Morgan fingerprint density at radius 3 is 1.89 bits per heavy atom. The second kappa shape index (κ2) is 10.4. The van der Waals surface area contributed by atoms with E-state index in [2.05, 4.69) is 46.6 Å². The molecule has 0 saturated carbocycles. The van der Waals surface area contributed by atoms with Gasteiger partial charge in [0, 0.05) is 32.6 Å². The molecule has 2 amide bonds. The summed E-state index contributed by atoms with van der Waals surface area (Å²) < 4.78 is 0. The van der Waals surface area contributed by atoms with Crippen LogP contribution in [0.1, 0.15) is 29.5 Å². The zero-order valence-electron chi connectivity index (χ0n) is 20.1. The first-order valence-electron chi connectivity index (χ1n) is 12.6. The van der Waals surface area contributed by atoms with Crippen molar-refractivity contribution < 1.29 is 9.59 Å². The van der Waals surface area contributed by atoms with Crippen molar-refractivity contribution in [3.8, 4) is 0 Å². The van der Waals surface area contributed by atoms with Crippen LogP contribution in [0.2, 0.25) is 0 Å². The Balaban J connectivity index is 1.35. The van der Waals surface area contributed by atoms with Crippen LogP contribution in [-0.2, 0) is 29.0 Å². The average Bonchev–Trinajstić information content (AvgIpc) is 2.90. The standard InChI is InChI=1S/C30H33N3O2/c34-28-27(22-25-12-6-2-7-13-25)31-29(35)30(33(28)19-16-24-10-4-1-5-11-24)17-20-32(21-18-30)23-26-14-8-3-9-15-26/h1-15,27H,16-23H2,(H,31,35). The molecule has 35 heavy (non-hydrogen) atoms. The molecule has 2 saturated heterocycles. The van der Waals surface area contributed by atoms with E-state index in [9.17, 15) is 9.59 Å². The number of nitrogens with zero attached hydrogens (tertiary/aromatic N) is 2. The van der Waals surface area contributed by atoms with E-state index in [1.165, 1.54) is 11.1 Å². The van der Waals surface area contributed by atoms with Gasteiger partial charge in [0.15, 0.2) is 0 Å². The highest BCUT2D eigenvalue weighted by Crippen LogP contribution is 2.34. The van der Waals surface area contributed by atoms with Crippen LogP contribution in [0.3, 0.4) is 0 Å². The lowest BCUT2D eigenvalue weighted by Crippen LogP contribution is -2.73. The third-order valence-corrected chi connectivity index (χ3v) is 7.49. The maximum Gasteiger partial charge on any atom is 0.246 e. The summed E-state index contributed by atoms with van der Waals surface area (Å²) in [6.45, 7) is 3.01. The third-order valence-electron chi connectivity index (χ3n) is 7.49. The molecule has 1 N–H and O–H groups in total. The highest BCUT2D eigenvalue weighted by atomic mass is 16.2. The highest BCUT2D eigenvalue weighted by molar-refractivity contribution is 6.00. The van der Waals surface area contributed by atoms with Crippen molar-refractivity contribution in [3.63, 3.8) is 0 Å². The Bertz CT molecular complexity index is 1130. The van der Waals surface area contributed by atoms with Crippen molar-refractivity contribution in [2.75, 3.05) is 19.6 Å². The Morgan fingerprint density at radius 1 is 0.743 bits per heavy atom. The van der Waals surface area contributed by atoms with Crippen molar-refractivity contribution in [2.45, 2.75) is 43.8 Å². The van der Waals surface area contributed by atoms with Gasteiger partial charge in [0.1, 0.15) is 11.6 Å². The molecule has 3 aromatic rings. The fourth-order valence-electron chi connectivity index (χ4n) is 5.49. The smallest absolute Gasteiger partial charge is 0.246 e. The molecule has 0 aliphatic carbocycles. The lowest BCUT2D eigenvalue weighted by molar-refractivity contribution is -0.161. The predicted molar refractivity (Wildman–Crippen MR) is 138 cm³/mol. The van der Waals surface area contributed by atoms with Crippen molar-refractivity contribution in [3.05, 3.63) is 108 Å².